The maximum atomic E-state index is 10.7. The summed E-state index contributed by atoms with van der Waals surface area (Å²) in [6.07, 6.45) is 1.63. The first kappa shape index (κ1) is 10.5. The number of carbonyl (C=O) groups is 1. The van der Waals surface area contributed by atoms with Gasteiger partial charge in [0.15, 0.2) is 6.61 Å². The topological polar surface area (TPSA) is 81.0 Å². The molecule has 0 spiro atoms. The van der Waals surface area contributed by atoms with Gasteiger partial charge in [-0.2, -0.15) is 0 Å². The molecule has 2 rings (SSSR count). The molecule has 0 aliphatic carbocycles. The second-order valence-electron chi connectivity index (χ2n) is 3.70. The zero-order chi connectivity index (χ0) is 11.7. The van der Waals surface area contributed by atoms with Crippen LogP contribution in [0.1, 0.15) is 11.1 Å². The maximum absolute atomic E-state index is 10.7. The molecule has 84 valence electrons. The monoisotopic (exact) mass is 219 g/mol. The van der Waals surface area contributed by atoms with Crippen LogP contribution in [-0.2, 0) is 4.79 Å². The molecular formula is C11H13N3O2. The first-order chi connectivity index (χ1) is 7.59. The molecule has 0 aliphatic heterocycles. The van der Waals surface area contributed by atoms with Gasteiger partial charge in [0, 0.05) is 5.56 Å². The van der Waals surface area contributed by atoms with Gasteiger partial charge >= 0.3 is 0 Å². The summed E-state index contributed by atoms with van der Waals surface area (Å²) in [4.78, 5) is 17.9. The molecule has 0 aliphatic rings. The van der Waals surface area contributed by atoms with E-state index >= 15 is 0 Å². The molecule has 1 heterocycles. The second kappa shape index (κ2) is 3.84. The van der Waals surface area contributed by atoms with Crippen LogP contribution in [0, 0.1) is 13.8 Å². The highest BCUT2D eigenvalue weighted by Crippen LogP contribution is 2.29. The highest BCUT2D eigenvalue weighted by Gasteiger charge is 2.11. The minimum Gasteiger partial charge on any atom is -0.483 e. The molecule has 0 saturated carbocycles. The first-order valence-electron chi connectivity index (χ1n) is 4.94. The lowest BCUT2D eigenvalue weighted by molar-refractivity contribution is -0.119. The number of amides is 1. The van der Waals surface area contributed by atoms with Crippen LogP contribution < -0.4 is 10.5 Å². The SMILES string of the molecule is Cc1cc2[nH]cnc2c(C)c1OCC(N)=O. The summed E-state index contributed by atoms with van der Waals surface area (Å²) >= 11 is 0. The molecule has 2 aromatic rings. The largest absolute Gasteiger partial charge is 0.483 e. The van der Waals surface area contributed by atoms with Crippen molar-refractivity contribution in [2.45, 2.75) is 13.8 Å². The summed E-state index contributed by atoms with van der Waals surface area (Å²) in [5, 5.41) is 0. The van der Waals surface area contributed by atoms with Crippen molar-refractivity contribution in [2.24, 2.45) is 5.73 Å². The van der Waals surface area contributed by atoms with Gasteiger partial charge in [0.05, 0.1) is 17.4 Å². The van der Waals surface area contributed by atoms with E-state index in [1.807, 2.05) is 19.9 Å². The van der Waals surface area contributed by atoms with Crippen molar-refractivity contribution in [3.05, 3.63) is 23.5 Å². The summed E-state index contributed by atoms with van der Waals surface area (Å²) in [6.45, 7) is 3.72. The highest BCUT2D eigenvalue weighted by atomic mass is 16.5. The third-order valence-electron chi connectivity index (χ3n) is 2.44. The molecule has 0 fully saturated rings. The van der Waals surface area contributed by atoms with Gasteiger partial charge in [-0.05, 0) is 25.5 Å². The third-order valence-corrected chi connectivity index (χ3v) is 2.44. The third kappa shape index (κ3) is 1.71. The van der Waals surface area contributed by atoms with Crippen molar-refractivity contribution < 1.29 is 9.53 Å². The van der Waals surface area contributed by atoms with Crippen LogP contribution in [0.3, 0.4) is 0 Å². The Morgan fingerprint density at radius 2 is 2.31 bits per heavy atom. The number of nitrogens with two attached hydrogens (primary N) is 1. The number of hydrogen-bond donors (Lipinski definition) is 2. The van der Waals surface area contributed by atoms with Gasteiger partial charge < -0.3 is 15.5 Å². The molecule has 1 aromatic heterocycles. The van der Waals surface area contributed by atoms with E-state index in [0.717, 1.165) is 22.2 Å². The number of nitrogens with one attached hydrogen (secondary N) is 1. The number of nitrogens with zero attached hydrogens (tertiary/aromatic N) is 1. The van der Waals surface area contributed by atoms with Crippen LogP contribution in [0.25, 0.3) is 11.0 Å². The second-order valence-corrected chi connectivity index (χ2v) is 3.70. The predicted octanol–water partition coefficient (Wildman–Crippen LogP) is 1.04. The normalized spacial score (nSPS) is 10.6. The molecule has 0 atom stereocenters. The van der Waals surface area contributed by atoms with Crippen molar-refractivity contribution in [1.29, 1.82) is 0 Å². The van der Waals surface area contributed by atoms with Gasteiger partial charge in [0.2, 0.25) is 0 Å². The van der Waals surface area contributed by atoms with Crippen molar-refractivity contribution in [3.63, 3.8) is 0 Å². The van der Waals surface area contributed by atoms with Gasteiger partial charge in [-0.15, -0.1) is 0 Å². The van der Waals surface area contributed by atoms with Gasteiger partial charge in [-0.25, -0.2) is 4.98 Å². The molecule has 1 amide bonds. The Kier molecular flexibility index (Phi) is 2.52. The zero-order valence-electron chi connectivity index (χ0n) is 9.20. The van der Waals surface area contributed by atoms with Crippen molar-refractivity contribution in [3.8, 4) is 5.75 Å². The number of hydrogen-bond acceptors (Lipinski definition) is 3. The van der Waals surface area contributed by atoms with E-state index in [1.165, 1.54) is 0 Å². The maximum Gasteiger partial charge on any atom is 0.255 e. The molecule has 0 radical (unpaired) electrons. The van der Waals surface area contributed by atoms with E-state index < -0.39 is 5.91 Å². The van der Waals surface area contributed by atoms with Crippen LogP contribution >= 0.6 is 0 Å². The van der Waals surface area contributed by atoms with E-state index in [1.54, 1.807) is 6.33 Å². The number of aryl methyl sites for hydroxylation is 2. The van der Waals surface area contributed by atoms with E-state index in [0.29, 0.717) is 5.75 Å². The average molecular weight is 219 g/mol. The summed E-state index contributed by atoms with van der Waals surface area (Å²) in [5.74, 6) is 0.194. The predicted molar refractivity (Wildman–Crippen MR) is 60.3 cm³/mol. The summed E-state index contributed by atoms with van der Waals surface area (Å²) in [5.41, 5.74) is 8.73. The fourth-order valence-electron chi connectivity index (χ4n) is 1.76. The molecule has 3 N–H and O–H groups in total. The highest BCUT2D eigenvalue weighted by molar-refractivity contribution is 5.82. The fourth-order valence-corrected chi connectivity index (χ4v) is 1.76. The van der Waals surface area contributed by atoms with Crippen molar-refractivity contribution >= 4 is 16.9 Å². The minimum atomic E-state index is -0.485. The van der Waals surface area contributed by atoms with Gasteiger partial charge in [0.25, 0.3) is 5.91 Å². The number of carbonyl (C=O) groups excluding carboxylic acids is 1. The number of H-pyrrole nitrogens is 1. The smallest absolute Gasteiger partial charge is 0.255 e. The van der Waals surface area contributed by atoms with Crippen LogP contribution in [0.15, 0.2) is 12.4 Å². The first-order valence-corrected chi connectivity index (χ1v) is 4.94. The molecule has 0 bridgehead atoms. The van der Waals surface area contributed by atoms with Gasteiger partial charge in [0.1, 0.15) is 5.75 Å². The number of aromatic amines is 1. The van der Waals surface area contributed by atoms with Crippen LogP contribution in [0.2, 0.25) is 0 Å². The molecule has 0 unspecified atom stereocenters. The molecular weight excluding hydrogens is 206 g/mol. The number of aromatic nitrogens is 2. The van der Waals surface area contributed by atoms with Crippen LogP contribution in [-0.4, -0.2) is 22.5 Å². The lowest BCUT2D eigenvalue weighted by atomic mass is 10.1. The standard InChI is InChI=1S/C11H13N3O2/c1-6-3-8-10(14-5-13-8)7(2)11(6)16-4-9(12)15/h3,5H,4H2,1-2H3,(H2,12,15)(H,13,14). The Hall–Kier alpha value is -2.04. The number of primary amides is 1. The molecule has 0 saturated heterocycles. The van der Waals surface area contributed by atoms with E-state index in [2.05, 4.69) is 9.97 Å². The Labute approximate surface area is 92.6 Å². The summed E-state index contributed by atoms with van der Waals surface area (Å²) in [7, 11) is 0. The minimum absolute atomic E-state index is 0.113. The van der Waals surface area contributed by atoms with Gasteiger partial charge in [-0.3, -0.25) is 4.79 Å². The molecule has 1 aromatic carbocycles. The van der Waals surface area contributed by atoms with E-state index in [-0.39, 0.29) is 6.61 Å². The Balaban J connectivity index is 2.46. The number of ether oxygens (including phenoxy) is 1. The van der Waals surface area contributed by atoms with Crippen LogP contribution in [0.4, 0.5) is 0 Å². The molecule has 16 heavy (non-hydrogen) atoms. The number of benzene rings is 1. The Morgan fingerprint density at radius 1 is 1.56 bits per heavy atom. The van der Waals surface area contributed by atoms with Gasteiger partial charge in [-0.1, -0.05) is 0 Å². The van der Waals surface area contributed by atoms with Crippen molar-refractivity contribution in [1.82, 2.24) is 9.97 Å². The number of fused-ring (bicyclic) bond motifs is 1. The lowest BCUT2D eigenvalue weighted by Gasteiger charge is -2.10. The Bertz CT molecular complexity index is 545. The van der Waals surface area contributed by atoms with E-state index in [9.17, 15) is 4.79 Å². The Morgan fingerprint density at radius 3 is 3.00 bits per heavy atom. The summed E-state index contributed by atoms with van der Waals surface area (Å²) < 4.78 is 5.38. The summed E-state index contributed by atoms with van der Waals surface area (Å²) in [6, 6.07) is 1.94. The average Bonchev–Trinajstić information content (AvgIpc) is 2.64. The lowest BCUT2D eigenvalue weighted by Crippen LogP contribution is -2.20. The fraction of sp³-hybridized carbons (Fsp3) is 0.273. The quantitative estimate of drug-likeness (QED) is 0.809. The van der Waals surface area contributed by atoms with Crippen molar-refractivity contribution in [2.75, 3.05) is 6.61 Å². The molecule has 5 nitrogen and oxygen atoms in total. The number of imidazole rings is 1. The van der Waals surface area contributed by atoms with Crippen LogP contribution in [0.5, 0.6) is 5.75 Å². The molecule has 5 heteroatoms. The van der Waals surface area contributed by atoms with E-state index in [4.69, 9.17) is 10.5 Å². The number of rotatable bonds is 3. The zero-order valence-corrected chi connectivity index (χ0v) is 9.20.